The lowest BCUT2D eigenvalue weighted by atomic mass is 9.97. The van der Waals surface area contributed by atoms with Gasteiger partial charge in [0, 0.05) is 0 Å². The summed E-state index contributed by atoms with van der Waals surface area (Å²) in [4.78, 5) is 21.6. The molecule has 0 rings (SSSR count). The lowest BCUT2D eigenvalue weighted by molar-refractivity contribution is -0.142. The zero-order valence-electron chi connectivity index (χ0n) is 13.2. The van der Waals surface area contributed by atoms with Gasteiger partial charge in [0.15, 0.2) is 0 Å². The molecule has 0 aromatic rings. The predicted molar refractivity (Wildman–Crippen MR) is 84.3 cm³/mol. The molecule has 0 spiro atoms. The zero-order valence-corrected chi connectivity index (χ0v) is 13.2. The lowest BCUT2D eigenvalue weighted by Gasteiger charge is -2.09. The molecule has 0 saturated heterocycles. The predicted octanol–water partition coefficient (Wildman–Crippen LogP) is 4.49. The van der Waals surface area contributed by atoms with Crippen molar-refractivity contribution in [3.63, 3.8) is 0 Å². The normalized spacial score (nSPS) is 13.6. The van der Waals surface area contributed by atoms with Crippen LogP contribution in [0.2, 0.25) is 0 Å². The van der Waals surface area contributed by atoms with Gasteiger partial charge in [0.1, 0.15) is 0 Å². The van der Waals surface area contributed by atoms with Gasteiger partial charge in [-0.25, -0.2) is 0 Å². The third-order valence-electron chi connectivity index (χ3n) is 3.91. The molecule has 2 N–H and O–H groups in total. The van der Waals surface area contributed by atoms with Crippen molar-refractivity contribution in [1.82, 2.24) is 0 Å². The SMILES string of the molecule is C=CCC(CCCCCCCCCC(C)C(=O)O)C(=O)O. The van der Waals surface area contributed by atoms with Gasteiger partial charge in [-0.05, 0) is 19.3 Å². The van der Waals surface area contributed by atoms with Crippen LogP contribution in [-0.2, 0) is 9.59 Å². The van der Waals surface area contributed by atoms with E-state index in [2.05, 4.69) is 6.58 Å². The van der Waals surface area contributed by atoms with Gasteiger partial charge in [0.2, 0.25) is 0 Å². The Bertz CT molecular complexity index is 312. The van der Waals surface area contributed by atoms with Crippen molar-refractivity contribution in [2.45, 2.75) is 71.1 Å². The van der Waals surface area contributed by atoms with Crippen LogP contribution in [0.5, 0.6) is 0 Å². The summed E-state index contributed by atoms with van der Waals surface area (Å²) < 4.78 is 0. The van der Waals surface area contributed by atoms with Crippen LogP contribution in [0.3, 0.4) is 0 Å². The molecule has 21 heavy (non-hydrogen) atoms. The molecule has 2 atom stereocenters. The maximum absolute atomic E-state index is 10.9. The summed E-state index contributed by atoms with van der Waals surface area (Å²) in [7, 11) is 0. The fraction of sp³-hybridized carbons (Fsp3) is 0.765. The number of aliphatic carboxylic acids is 2. The summed E-state index contributed by atoms with van der Waals surface area (Å²) in [6.07, 6.45) is 11.3. The summed E-state index contributed by atoms with van der Waals surface area (Å²) in [6.45, 7) is 5.35. The number of hydrogen-bond acceptors (Lipinski definition) is 2. The molecule has 4 heteroatoms. The largest absolute Gasteiger partial charge is 0.481 e. The van der Waals surface area contributed by atoms with E-state index >= 15 is 0 Å². The average Bonchev–Trinajstić information content (AvgIpc) is 2.43. The minimum Gasteiger partial charge on any atom is -0.481 e. The smallest absolute Gasteiger partial charge is 0.306 e. The van der Waals surface area contributed by atoms with Crippen LogP contribution in [-0.4, -0.2) is 22.2 Å². The first-order valence-electron chi connectivity index (χ1n) is 8.05. The topological polar surface area (TPSA) is 74.6 Å². The van der Waals surface area contributed by atoms with E-state index in [1.807, 2.05) is 0 Å². The lowest BCUT2D eigenvalue weighted by Crippen LogP contribution is -2.12. The highest BCUT2D eigenvalue weighted by molar-refractivity contribution is 5.70. The van der Waals surface area contributed by atoms with E-state index in [-0.39, 0.29) is 11.8 Å². The number of unbranched alkanes of at least 4 members (excludes halogenated alkanes) is 6. The van der Waals surface area contributed by atoms with Crippen molar-refractivity contribution >= 4 is 11.9 Å². The summed E-state index contributed by atoms with van der Waals surface area (Å²) in [6, 6.07) is 0. The van der Waals surface area contributed by atoms with Crippen LogP contribution in [0.1, 0.15) is 71.1 Å². The third-order valence-corrected chi connectivity index (χ3v) is 3.91. The van der Waals surface area contributed by atoms with Crippen molar-refractivity contribution in [2.24, 2.45) is 11.8 Å². The number of allylic oxidation sites excluding steroid dienone is 1. The Morgan fingerprint density at radius 1 is 0.905 bits per heavy atom. The van der Waals surface area contributed by atoms with Crippen molar-refractivity contribution in [3.05, 3.63) is 12.7 Å². The quantitative estimate of drug-likeness (QED) is 0.366. The van der Waals surface area contributed by atoms with Gasteiger partial charge in [-0.15, -0.1) is 6.58 Å². The molecule has 0 aromatic heterocycles. The number of rotatable bonds is 14. The molecule has 0 aliphatic heterocycles. The van der Waals surface area contributed by atoms with Gasteiger partial charge < -0.3 is 10.2 Å². The molecular weight excluding hydrogens is 268 g/mol. The molecule has 0 radical (unpaired) electrons. The maximum Gasteiger partial charge on any atom is 0.306 e. The van der Waals surface area contributed by atoms with Gasteiger partial charge in [-0.1, -0.05) is 57.9 Å². The molecule has 0 heterocycles. The second-order valence-corrected chi connectivity index (χ2v) is 5.85. The van der Waals surface area contributed by atoms with Crippen LogP contribution in [0, 0.1) is 11.8 Å². The van der Waals surface area contributed by atoms with Crippen molar-refractivity contribution in [1.29, 1.82) is 0 Å². The van der Waals surface area contributed by atoms with E-state index in [1.165, 1.54) is 0 Å². The Morgan fingerprint density at radius 3 is 1.81 bits per heavy atom. The maximum atomic E-state index is 10.9. The first-order chi connectivity index (χ1) is 9.99. The molecule has 0 aliphatic carbocycles. The molecular formula is C17H30O4. The molecule has 0 amide bonds. The molecule has 2 unspecified atom stereocenters. The Balaban J connectivity index is 3.42. The van der Waals surface area contributed by atoms with E-state index in [9.17, 15) is 9.59 Å². The van der Waals surface area contributed by atoms with E-state index in [1.54, 1.807) is 13.0 Å². The number of carbonyl (C=O) groups is 2. The summed E-state index contributed by atoms with van der Waals surface area (Å²) >= 11 is 0. The molecule has 0 bridgehead atoms. The van der Waals surface area contributed by atoms with E-state index in [0.717, 1.165) is 57.8 Å². The van der Waals surface area contributed by atoms with Crippen molar-refractivity contribution in [3.8, 4) is 0 Å². The molecule has 0 aromatic carbocycles. The molecule has 4 nitrogen and oxygen atoms in total. The highest BCUT2D eigenvalue weighted by Gasteiger charge is 2.14. The number of carboxylic acids is 2. The molecule has 0 aliphatic rings. The van der Waals surface area contributed by atoms with Crippen LogP contribution in [0.4, 0.5) is 0 Å². The van der Waals surface area contributed by atoms with Crippen molar-refractivity contribution in [2.75, 3.05) is 0 Å². The molecule has 122 valence electrons. The Labute approximate surface area is 128 Å². The molecule has 0 fully saturated rings. The first kappa shape index (κ1) is 19.7. The highest BCUT2D eigenvalue weighted by atomic mass is 16.4. The van der Waals surface area contributed by atoms with Crippen LogP contribution < -0.4 is 0 Å². The van der Waals surface area contributed by atoms with Gasteiger partial charge >= 0.3 is 11.9 Å². The number of carboxylic acid groups (broad SMARTS) is 2. The Hall–Kier alpha value is -1.32. The van der Waals surface area contributed by atoms with E-state index in [0.29, 0.717) is 6.42 Å². The standard InChI is InChI=1S/C17H30O4/c1-3-11-15(17(20)21)13-10-8-6-4-5-7-9-12-14(2)16(18)19/h3,14-15H,1,4-13H2,2H3,(H,18,19)(H,20,21). The van der Waals surface area contributed by atoms with Crippen LogP contribution in [0.25, 0.3) is 0 Å². The third kappa shape index (κ3) is 11.1. The van der Waals surface area contributed by atoms with Gasteiger partial charge in [0.25, 0.3) is 0 Å². The summed E-state index contributed by atoms with van der Waals surface area (Å²) in [5.74, 6) is -1.94. The summed E-state index contributed by atoms with van der Waals surface area (Å²) in [5.41, 5.74) is 0. The minimum absolute atomic E-state index is 0.234. The fourth-order valence-corrected chi connectivity index (χ4v) is 2.39. The van der Waals surface area contributed by atoms with Gasteiger partial charge in [0.05, 0.1) is 11.8 Å². The average molecular weight is 298 g/mol. The zero-order chi connectivity index (χ0) is 16.1. The monoisotopic (exact) mass is 298 g/mol. The Kier molecular flexibility index (Phi) is 11.6. The fourth-order valence-electron chi connectivity index (χ4n) is 2.39. The van der Waals surface area contributed by atoms with E-state index < -0.39 is 11.9 Å². The van der Waals surface area contributed by atoms with E-state index in [4.69, 9.17) is 10.2 Å². The first-order valence-corrected chi connectivity index (χ1v) is 8.05. The van der Waals surface area contributed by atoms with Gasteiger partial charge in [-0.3, -0.25) is 9.59 Å². The highest BCUT2D eigenvalue weighted by Crippen LogP contribution is 2.17. The van der Waals surface area contributed by atoms with Crippen LogP contribution >= 0.6 is 0 Å². The summed E-state index contributed by atoms with van der Waals surface area (Å²) in [5, 5.41) is 17.8. The Morgan fingerprint density at radius 2 is 1.38 bits per heavy atom. The second kappa shape index (κ2) is 12.4. The second-order valence-electron chi connectivity index (χ2n) is 5.85. The number of hydrogen-bond donors (Lipinski definition) is 2. The van der Waals surface area contributed by atoms with Gasteiger partial charge in [-0.2, -0.15) is 0 Å². The van der Waals surface area contributed by atoms with Crippen molar-refractivity contribution < 1.29 is 19.8 Å². The molecule has 0 saturated carbocycles. The minimum atomic E-state index is -0.720. The van der Waals surface area contributed by atoms with Crippen LogP contribution in [0.15, 0.2) is 12.7 Å².